The predicted octanol–water partition coefficient (Wildman–Crippen LogP) is 0.802. The average molecular weight is 278 g/mol. The maximum absolute atomic E-state index is 11.9. The summed E-state index contributed by atoms with van der Waals surface area (Å²) in [6.45, 7) is 3.80. The van der Waals surface area contributed by atoms with Gasteiger partial charge in [0.2, 0.25) is 0 Å². The minimum Gasteiger partial charge on any atom is -0.465 e. The van der Waals surface area contributed by atoms with E-state index in [0.717, 1.165) is 31.7 Å². The Morgan fingerprint density at radius 3 is 2.75 bits per heavy atom. The second-order valence-corrected chi connectivity index (χ2v) is 4.89. The number of hydrogen-bond donors (Lipinski definition) is 2. The molecule has 0 bridgehead atoms. The summed E-state index contributed by atoms with van der Waals surface area (Å²) >= 11 is 0. The number of nitrogens with zero attached hydrogens (tertiary/aromatic N) is 1. The zero-order chi connectivity index (χ0) is 14.4. The lowest BCUT2D eigenvalue weighted by atomic mass is 9.96. The molecule has 0 saturated carbocycles. The third-order valence-electron chi connectivity index (χ3n) is 3.72. The van der Waals surface area contributed by atoms with E-state index in [1.54, 1.807) is 6.07 Å². The van der Waals surface area contributed by atoms with Crippen LogP contribution in [0.1, 0.15) is 28.4 Å². The average Bonchev–Trinajstić information content (AvgIpc) is 2.53. The van der Waals surface area contributed by atoms with Gasteiger partial charge in [-0.25, -0.2) is 4.79 Å². The summed E-state index contributed by atoms with van der Waals surface area (Å²) in [6, 6.07) is 7.55. The van der Waals surface area contributed by atoms with Gasteiger partial charge in [-0.3, -0.25) is 4.90 Å². The number of ether oxygens (including phenoxy) is 1. The van der Waals surface area contributed by atoms with E-state index < -0.39 is 0 Å². The molecule has 0 radical (unpaired) electrons. The summed E-state index contributed by atoms with van der Waals surface area (Å²) in [5.74, 6) is -0.321. The van der Waals surface area contributed by atoms with Crippen LogP contribution in [0.2, 0.25) is 0 Å². The van der Waals surface area contributed by atoms with Gasteiger partial charge in [0.25, 0.3) is 0 Å². The first-order valence-electron chi connectivity index (χ1n) is 7.00. The molecular formula is C15H22N2O3. The minimum absolute atomic E-state index is 0.0531. The van der Waals surface area contributed by atoms with Gasteiger partial charge in [0.1, 0.15) is 0 Å². The number of benzene rings is 1. The molecule has 0 aromatic heterocycles. The molecule has 1 aromatic rings. The van der Waals surface area contributed by atoms with E-state index in [0.29, 0.717) is 12.0 Å². The molecule has 1 saturated heterocycles. The molecular weight excluding hydrogens is 256 g/mol. The number of hydrogen-bond acceptors (Lipinski definition) is 5. The number of nitrogens with one attached hydrogen (secondary N) is 1. The summed E-state index contributed by atoms with van der Waals surface area (Å²) in [4.78, 5) is 14.2. The van der Waals surface area contributed by atoms with Crippen LogP contribution < -0.4 is 5.32 Å². The summed E-state index contributed by atoms with van der Waals surface area (Å²) in [6.07, 6.45) is 0.619. The molecule has 1 aliphatic rings. The molecule has 1 aromatic carbocycles. The summed E-state index contributed by atoms with van der Waals surface area (Å²) in [7, 11) is 1.39. The van der Waals surface area contributed by atoms with Crippen molar-refractivity contribution in [1.82, 2.24) is 10.2 Å². The summed E-state index contributed by atoms with van der Waals surface area (Å²) in [5.41, 5.74) is 1.53. The Kier molecular flexibility index (Phi) is 5.52. The standard InChI is InChI=1S/C15H22N2O3/c1-20-15(19)13-5-3-2-4-12(13)14(6-11-18)17-9-7-16-8-10-17/h2-5,14,16,18H,6-11H2,1H3/t14-/m0/s1. The van der Waals surface area contributed by atoms with Crippen molar-refractivity contribution in [3.8, 4) is 0 Å². The summed E-state index contributed by atoms with van der Waals surface area (Å²) in [5, 5.41) is 12.7. The van der Waals surface area contributed by atoms with Crippen molar-refractivity contribution in [3.63, 3.8) is 0 Å². The third kappa shape index (κ3) is 3.36. The molecule has 2 N–H and O–H groups in total. The molecule has 1 fully saturated rings. The van der Waals surface area contributed by atoms with E-state index in [9.17, 15) is 9.90 Å². The maximum atomic E-state index is 11.9. The van der Waals surface area contributed by atoms with Crippen molar-refractivity contribution < 1.29 is 14.6 Å². The van der Waals surface area contributed by atoms with E-state index in [2.05, 4.69) is 10.2 Å². The van der Waals surface area contributed by atoms with Crippen molar-refractivity contribution in [1.29, 1.82) is 0 Å². The topological polar surface area (TPSA) is 61.8 Å². The van der Waals surface area contributed by atoms with Crippen LogP contribution in [0.25, 0.3) is 0 Å². The number of methoxy groups -OCH3 is 1. The zero-order valence-electron chi connectivity index (χ0n) is 11.8. The number of carbonyl (C=O) groups excluding carboxylic acids is 1. The molecule has 20 heavy (non-hydrogen) atoms. The van der Waals surface area contributed by atoms with Gasteiger partial charge in [0.15, 0.2) is 0 Å². The molecule has 1 aliphatic heterocycles. The fourth-order valence-corrected chi connectivity index (χ4v) is 2.73. The molecule has 1 heterocycles. The SMILES string of the molecule is COC(=O)c1ccccc1[C@H](CCO)N1CCNCC1. The molecule has 0 unspecified atom stereocenters. The lowest BCUT2D eigenvalue weighted by molar-refractivity contribution is 0.0593. The van der Waals surface area contributed by atoms with Gasteiger partial charge in [0.05, 0.1) is 12.7 Å². The molecule has 5 nitrogen and oxygen atoms in total. The van der Waals surface area contributed by atoms with E-state index in [4.69, 9.17) is 4.74 Å². The molecule has 5 heteroatoms. The summed E-state index contributed by atoms with van der Waals surface area (Å²) < 4.78 is 4.86. The van der Waals surface area contributed by atoms with Crippen LogP contribution in [0.3, 0.4) is 0 Å². The highest BCUT2D eigenvalue weighted by molar-refractivity contribution is 5.91. The van der Waals surface area contributed by atoms with Crippen molar-refractivity contribution in [2.75, 3.05) is 39.9 Å². The molecule has 1 atom stereocenters. The van der Waals surface area contributed by atoms with Crippen molar-refractivity contribution >= 4 is 5.97 Å². The quantitative estimate of drug-likeness (QED) is 0.780. The molecule has 0 aliphatic carbocycles. The van der Waals surface area contributed by atoms with E-state index in [-0.39, 0.29) is 18.6 Å². The number of aliphatic hydroxyl groups excluding tert-OH is 1. The second kappa shape index (κ2) is 7.38. The van der Waals surface area contributed by atoms with Gasteiger partial charge < -0.3 is 15.2 Å². The van der Waals surface area contributed by atoms with Crippen LogP contribution in [-0.4, -0.2) is 55.9 Å². The van der Waals surface area contributed by atoms with Crippen LogP contribution >= 0.6 is 0 Å². The van der Waals surface area contributed by atoms with Gasteiger partial charge in [-0.1, -0.05) is 18.2 Å². The Morgan fingerprint density at radius 1 is 1.40 bits per heavy atom. The van der Waals surface area contributed by atoms with E-state index in [1.807, 2.05) is 18.2 Å². The Morgan fingerprint density at radius 2 is 2.10 bits per heavy atom. The van der Waals surface area contributed by atoms with E-state index >= 15 is 0 Å². The number of rotatable bonds is 5. The lowest BCUT2D eigenvalue weighted by Crippen LogP contribution is -2.45. The van der Waals surface area contributed by atoms with Crippen molar-refractivity contribution in [2.45, 2.75) is 12.5 Å². The van der Waals surface area contributed by atoms with Gasteiger partial charge in [-0.15, -0.1) is 0 Å². The molecule has 2 rings (SSSR count). The Bertz CT molecular complexity index is 444. The number of esters is 1. The first kappa shape index (κ1) is 15.0. The number of aliphatic hydroxyl groups is 1. The highest BCUT2D eigenvalue weighted by Gasteiger charge is 2.25. The van der Waals surface area contributed by atoms with Crippen LogP contribution in [0.4, 0.5) is 0 Å². The second-order valence-electron chi connectivity index (χ2n) is 4.89. The first-order valence-corrected chi connectivity index (χ1v) is 7.00. The Hall–Kier alpha value is -1.43. The van der Waals surface area contributed by atoms with Crippen LogP contribution in [-0.2, 0) is 4.74 Å². The van der Waals surface area contributed by atoms with E-state index in [1.165, 1.54) is 7.11 Å². The van der Waals surface area contributed by atoms with Crippen molar-refractivity contribution in [3.05, 3.63) is 35.4 Å². The fraction of sp³-hybridized carbons (Fsp3) is 0.533. The predicted molar refractivity (Wildman–Crippen MR) is 76.7 cm³/mol. The first-order chi connectivity index (χ1) is 9.77. The molecule has 110 valence electrons. The molecule has 0 amide bonds. The smallest absolute Gasteiger partial charge is 0.338 e. The lowest BCUT2D eigenvalue weighted by Gasteiger charge is -2.35. The fourth-order valence-electron chi connectivity index (χ4n) is 2.73. The monoisotopic (exact) mass is 278 g/mol. The Balaban J connectivity index is 2.30. The highest BCUT2D eigenvalue weighted by atomic mass is 16.5. The van der Waals surface area contributed by atoms with Crippen molar-refractivity contribution in [2.24, 2.45) is 0 Å². The maximum Gasteiger partial charge on any atom is 0.338 e. The van der Waals surface area contributed by atoms with Gasteiger partial charge in [-0.2, -0.15) is 0 Å². The zero-order valence-corrected chi connectivity index (χ0v) is 11.8. The van der Waals surface area contributed by atoms with Crippen LogP contribution in [0, 0.1) is 0 Å². The number of carbonyl (C=O) groups is 1. The van der Waals surface area contributed by atoms with Gasteiger partial charge in [0, 0.05) is 38.8 Å². The molecule has 0 spiro atoms. The highest BCUT2D eigenvalue weighted by Crippen LogP contribution is 2.27. The van der Waals surface area contributed by atoms with Crippen LogP contribution in [0.5, 0.6) is 0 Å². The van der Waals surface area contributed by atoms with Gasteiger partial charge >= 0.3 is 5.97 Å². The normalized spacial score (nSPS) is 17.7. The van der Waals surface area contributed by atoms with Crippen LogP contribution in [0.15, 0.2) is 24.3 Å². The minimum atomic E-state index is -0.321. The van der Waals surface area contributed by atoms with Gasteiger partial charge in [-0.05, 0) is 18.1 Å². The number of piperazine rings is 1. The Labute approximate surface area is 119 Å². The third-order valence-corrected chi connectivity index (χ3v) is 3.72. The largest absolute Gasteiger partial charge is 0.465 e.